The van der Waals surface area contributed by atoms with Gasteiger partial charge in [-0.05, 0) is 30.5 Å². The fraction of sp³-hybridized carbons (Fsp3) is 0.357. The van der Waals surface area contributed by atoms with Gasteiger partial charge in [-0.25, -0.2) is 0 Å². The molecule has 1 atom stereocenters. The lowest BCUT2D eigenvalue weighted by molar-refractivity contribution is 0.0950. The van der Waals surface area contributed by atoms with E-state index in [0.29, 0.717) is 23.5 Å². The van der Waals surface area contributed by atoms with Gasteiger partial charge in [0.2, 0.25) is 0 Å². The molecule has 1 heterocycles. The van der Waals surface area contributed by atoms with Crippen LogP contribution in [-0.2, 0) is 0 Å². The number of amides is 1. The van der Waals surface area contributed by atoms with Gasteiger partial charge in [-0.3, -0.25) is 4.79 Å². The van der Waals surface area contributed by atoms with Crippen LogP contribution in [0.2, 0.25) is 0 Å². The average molecular weight is 357 g/mol. The Labute approximate surface area is 130 Å². The standard InChI is InChI=1S/C14H17BrN2O2S/c1-8(4-5-18)7-17-14(19)13-12(16)10-6-9(15)2-3-11(10)20-13/h2-3,6,8,18H,4-5,7,16H2,1H3,(H,17,19). The maximum Gasteiger partial charge on any atom is 0.263 e. The second-order valence-electron chi connectivity index (χ2n) is 4.81. The Morgan fingerprint density at radius 1 is 1.55 bits per heavy atom. The van der Waals surface area contributed by atoms with Crippen LogP contribution < -0.4 is 11.1 Å². The zero-order valence-corrected chi connectivity index (χ0v) is 13.6. The highest BCUT2D eigenvalue weighted by molar-refractivity contribution is 9.10. The lowest BCUT2D eigenvalue weighted by Crippen LogP contribution is -2.28. The van der Waals surface area contributed by atoms with Gasteiger partial charge in [-0.15, -0.1) is 11.3 Å². The highest BCUT2D eigenvalue weighted by Gasteiger charge is 2.16. The molecule has 4 N–H and O–H groups in total. The summed E-state index contributed by atoms with van der Waals surface area (Å²) in [5, 5.41) is 12.6. The molecule has 108 valence electrons. The van der Waals surface area contributed by atoms with Crippen LogP contribution in [0.25, 0.3) is 10.1 Å². The summed E-state index contributed by atoms with van der Waals surface area (Å²) in [6.07, 6.45) is 0.676. The normalized spacial score (nSPS) is 12.6. The Kier molecular flexibility index (Phi) is 5.01. The molecular weight excluding hydrogens is 340 g/mol. The first-order chi connectivity index (χ1) is 9.52. The van der Waals surface area contributed by atoms with Crippen LogP contribution in [0.3, 0.4) is 0 Å². The highest BCUT2D eigenvalue weighted by atomic mass is 79.9. The lowest BCUT2D eigenvalue weighted by Gasteiger charge is -2.10. The summed E-state index contributed by atoms with van der Waals surface area (Å²) in [7, 11) is 0. The third-order valence-electron chi connectivity index (χ3n) is 3.13. The van der Waals surface area contributed by atoms with Crippen molar-refractivity contribution in [1.29, 1.82) is 0 Å². The van der Waals surface area contributed by atoms with Crippen molar-refractivity contribution in [2.24, 2.45) is 5.92 Å². The Hall–Kier alpha value is -1.11. The number of hydrogen-bond acceptors (Lipinski definition) is 4. The molecule has 4 nitrogen and oxygen atoms in total. The number of halogens is 1. The van der Waals surface area contributed by atoms with Crippen molar-refractivity contribution in [2.75, 3.05) is 18.9 Å². The number of aliphatic hydroxyl groups excluding tert-OH is 1. The van der Waals surface area contributed by atoms with Gasteiger partial charge in [-0.1, -0.05) is 22.9 Å². The lowest BCUT2D eigenvalue weighted by atomic mass is 10.1. The van der Waals surface area contributed by atoms with Gasteiger partial charge in [0.15, 0.2) is 0 Å². The molecule has 1 aromatic heterocycles. The molecule has 0 saturated carbocycles. The first-order valence-electron chi connectivity index (χ1n) is 6.39. The molecule has 1 aromatic carbocycles. The summed E-state index contributed by atoms with van der Waals surface area (Å²) < 4.78 is 1.94. The van der Waals surface area contributed by atoms with Crippen LogP contribution in [0.5, 0.6) is 0 Å². The SMILES string of the molecule is CC(CCO)CNC(=O)c1sc2ccc(Br)cc2c1N. The number of anilines is 1. The van der Waals surface area contributed by atoms with E-state index in [1.807, 2.05) is 25.1 Å². The second-order valence-corrected chi connectivity index (χ2v) is 6.78. The van der Waals surface area contributed by atoms with Gasteiger partial charge in [0, 0.05) is 27.7 Å². The molecule has 2 aromatic rings. The molecule has 2 rings (SSSR count). The van der Waals surface area contributed by atoms with Crippen molar-refractivity contribution in [1.82, 2.24) is 5.32 Å². The van der Waals surface area contributed by atoms with Crippen molar-refractivity contribution in [2.45, 2.75) is 13.3 Å². The second kappa shape index (κ2) is 6.56. The van der Waals surface area contributed by atoms with Crippen LogP contribution in [0.1, 0.15) is 23.0 Å². The molecule has 6 heteroatoms. The Bertz CT molecular complexity index is 627. The number of carbonyl (C=O) groups is 1. The first-order valence-corrected chi connectivity index (χ1v) is 8.00. The third-order valence-corrected chi connectivity index (χ3v) is 4.81. The maximum atomic E-state index is 12.2. The molecule has 0 saturated heterocycles. The number of nitrogens with one attached hydrogen (secondary N) is 1. The number of rotatable bonds is 5. The summed E-state index contributed by atoms with van der Waals surface area (Å²) in [6.45, 7) is 2.66. The number of aliphatic hydroxyl groups is 1. The average Bonchev–Trinajstić information content (AvgIpc) is 2.74. The van der Waals surface area contributed by atoms with Gasteiger partial charge in [0.05, 0.1) is 5.69 Å². The van der Waals surface area contributed by atoms with Gasteiger partial charge < -0.3 is 16.2 Å². The smallest absolute Gasteiger partial charge is 0.263 e. The van der Waals surface area contributed by atoms with E-state index in [9.17, 15) is 4.79 Å². The number of hydrogen-bond donors (Lipinski definition) is 3. The van der Waals surface area contributed by atoms with E-state index in [1.165, 1.54) is 11.3 Å². The number of nitrogens with two attached hydrogens (primary N) is 1. The van der Waals surface area contributed by atoms with E-state index in [4.69, 9.17) is 10.8 Å². The molecule has 1 amide bonds. The van der Waals surface area contributed by atoms with Gasteiger partial charge in [0.1, 0.15) is 4.88 Å². The number of carbonyl (C=O) groups excluding carboxylic acids is 1. The highest BCUT2D eigenvalue weighted by Crippen LogP contribution is 2.35. The van der Waals surface area contributed by atoms with Crippen molar-refractivity contribution in [3.05, 3.63) is 27.5 Å². The largest absolute Gasteiger partial charge is 0.397 e. The van der Waals surface area contributed by atoms with E-state index < -0.39 is 0 Å². The van der Waals surface area contributed by atoms with Crippen LogP contribution in [0, 0.1) is 5.92 Å². The molecular formula is C14H17BrN2O2S. The van der Waals surface area contributed by atoms with E-state index in [0.717, 1.165) is 14.6 Å². The van der Waals surface area contributed by atoms with Gasteiger partial charge >= 0.3 is 0 Å². The van der Waals surface area contributed by atoms with E-state index in [1.54, 1.807) is 0 Å². The molecule has 1 unspecified atom stereocenters. The van der Waals surface area contributed by atoms with Crippen molar-refractivity contribution >= 4 is 48.9 Å². The predicted octanol–water partition coefficient (Wildman–Crippen LogP) is 2.99. The maximum absolute atomic E-state index is 12.2. The fourth-order valence-electron chi connectivity index (χ4n) is 1.93. The Balaban J connectivity index is 2.16. The summed E-state index contributed by atoms with van der Waals surface area (Å²) in [6, 6.07) is 5.81. The zero-order valence-electron chi connectivity index (χ0n) is 11.1. The quantitative estimate of drug-likeness (QED) is 0.770. The summed E-state index contributed by atoms with van der Waals surface area (Å²) in [5.41, 5.74) is 6.59. The molecule has 0 aliphatic rings. The Morgan fingerprint density at radius 3 is 3.00 bits per heavy atom. The third kappa shape index (κ3) is 3.31. The van der Waals surface area contributed by atoms with Crippen molar-refractivity contribution in [3.63, 3.8) is 0 Å². The fourth-order valence-corrected chi connectivity index (χ4v) is 3.31. The number of nitrogen functional groups attached to an aromatic ring is 1. The minimum absolute atomic E-state index is 0.135. The predicted molar refractivity (Wildman–Crippen MR) is 87.1 cm³/mol. The monoisotopic (exact) mass is 356 g/mol. The van der Waals surface area contributed by atoms with Crippen LogP contribution >= 0.6 is 27.3 Å². The van der Waals surface area contributed by atoms with E-state index >= 15 is 0 Å². The zero-order chi connectivity index (χ0) is 14.7. The molecule has 20 heavy (non-hydrogen) atoms. The van der Waals surface area contributed by atoms with E-state index in [2.05, 4.69) is 21.2 Å². The van der Waals surface area contributed by atoms with Gasteiger partial charge in [0.25, 0.3) is 5.91 Å². The molecule has 0 radical (unpaired) electrons. The molecule has 0 aliphatic heterocycles. The molecule has 0 bridgehead atoms. The van der Waals surface area contributed by atoms with Crippen LogP contribution in [-0.4, -0.2) is 24.2 Å². The Morgan fingerprint density at radius 2 is 2.30 bits per heavy atom. The molecule has 0 aliphatic carbocycles. The summed E-state index contributed by atoms with van der Waals surface area (Å²) >= 11 is 4.80. The number of fused-ring (bicyclic) bond motifs is 1. The van der Waals surface area contributed by atoms with Crippen molar-refractivity contribution < 1.29 is 9.90 Å². The number of benzene rings is 1. The minimum Gasteiger partial charge on any atom is -0.397 e. The summed E-state index contributed by atoms with van der Waals surface area (Å²) in [4.78, 5) is 12.7. The molecule has 0 spiro atoms. The van der Waals surface area contributed by atoms with Crippen molar-refractivity contribution in [3.8, 4) is 0 Å². The number of thiophene rings is 1. The van der Waals surface area contributed by atoms with Crippen LogP contribution in [0.15, 0.2) is 22.7 Å². The van der Waals surface area contributed by atoms with Crippen LogP contribution in [0.4, 0.5) is 5.69 Å². The summed E-state index contributed by atoms with van der Waals surface area (Å²) in [5.74, 6) is 0.0957. The molecule has 0 fully saturated rings. The topological polar surface area (TPSA) is 75.3 Å². The van der Waals surface area contributed by atoms with Gasteiger partial charge in [-0.2, -0.15) is 0 Å². The minimum atomic E-state index is -0.149. The van der Waals surface area contributed by atoms with E-state index in [-0.39, 0.29) is 18.4 Å². The first kappa shape index (κ1) is 15.3.